The topological polar surface area (TPSA) is 38.3 Å². The molecule has 3 nitrogen and oxygen atoms in total. The molecular formula is C18H16F5NO2. The van der Waals surface area contributed by atoms with E-state index >= 15 is 0 Å². The lowest BCUT2D eigenvalue weighted by Gasteiger charge is -2.10. The molecule has 0 aliphatic rings. The Morgan fingerprint density at radius 1 is 0.885 bits per heavy atom. The van der Waals surface area contributed by atoms with Crippen LogP contribution in [0.5, 0.6) is 0 Å². The van der Waals surface area contributed by atoms with Gasteiger partial charge >= 0.3 is 6.09 Å². The molecule has 0 fully saturated rings. The molecule has 0 saturated heterocycles. The zero-order valence-corrected chi connectivity index (χ0v) is 13.8. The van der Waals surface area contributed by atoms with Gasteiger partial charge in [0.1, 0.15) is 12.3 Å². The minimum Gasteiger partial charge on any atom is -0.444 e. The van der Waals surface area contributed by atoms with Crippen molar-refractivity contribution in [1.82, 2.24) is 0 Å². The van der Waals surface area contributed by atoms with Gasteiger partial charge in [0.2, 0.25) is 5.82 Å². The summed E-state index contributed by atoms with van der Waals surface area (Å²) < 4.78 is 70.8. The van der Waals surface area contributed by atoms with E-state index in [1.54, 1.807) is 12.1 Å². The maximum atomic E-state index is 13.5. The van der Waals surface area contributed by atoms with Crippen LogP contribution in [-0.4, -0.2) is 6.09 Å². The van der Waals surface area contributed by atoms with Gasteiger partial charge in [-0.1, -0.05) is 37.6 Å². The van der Waals surface area contributed by atoms with Gasteiger partial charge in [0, 0.05) is 0 Å². The number of hydrogen-bond acceptors (Lipinski definition) is 2. The van der Waals surface area contributed by atoms with Crippen LogP contribution in [0, 0.1) is 29.1 Å². The summed E-state index contributed by atoms with van der Waals surface area (Å²) >= 11 is 0. The van der Waals surface area contributed by atoms with E-state index in [1.165, 1.54) is 5.32 Å². The lowest BCUT2D eigenvalue weighted by Crippen LogP contribution is -2.18. The highest BCUT2D eigenvalue weighted by molar-refractivity contribution is 5.85. The number of nitrogens with one attached hydrogen (secondary N) is 1. The monoisotopic (exact) mass is 373 g/mol. The molecule has 0 heterocycles. The first-order chi connectivity index (χ1) is 12.3. The number of anilines is 1. The van der Waals surface area contributed by atoms with E-state index in [9.17, 15) is 26.7 Å². The van der Waals surface area contributed by atoms with Crippen LogP contribution in [-0.2, 0) is 17.8 Å². The molecule has 0 aliphatic carbocycles. The molecule has 140 valence electrons. The molecule has 26 heavy (non-hydrogen) atoms. The van der Waals surface area contributed by atoms with E-state index in [4.69, 9.17) is 4.74 Å². The minimum atomic E-state index is -2.30. The van der Waals surface area contributed by atoms with Crippen molar-refractivity contribution in [2.45, 2.75) is 32.8 Å². The van der Waals surface area contributed by atoms with E-state index in [-0.39, 0.29) is 6.61 Å². The number of hydrogen-bond donors (Lipinski definition) is 1. The van der Waals surface area contributed by atoms with E-state index < -0.39 is 40.9 Å². The summed E-state index contributed by atoms with van der Waals surface area (Å²) in [7, 11) is 0. The standard InChI is InChI=1S/C18H16F5NO2/c1-2-3-4-10-5-7-11(8-6-10)9-26-18(25)24-17-15(22)13(20)12(19)14(21)16(17)23/h5-8H,2-4,9H2,1H3,(H,24,25). The third-order valence-electron chi connectivity index (χ3n) is 3.65. The van der Waals surface area contributed by atoms with E-state index in [1.807, 2.05) is 12.1 Å². The van der Waals surface area contributed by atoms with E-state index in [0.29, 0.717) is 5.56 Å². The van der Waals surface area contributed by atoms with Gasteiger partial charge in [-0.15, -0.1) is 0 Å². The average Bonchev–Trinajstić information content (AvgIpc) is 2.65. The molecule has 0 aliphatic heterocycles. The highest BCUT2D eigenvalue weighted by atomic mass is 19.2. The number of aryl methyl sites for hydroxylation is 1. The van der Waals surface area contributed by atoms with Gasteiger partial charge in [-0.05, 0) is 24.0 Å². The summed E-state index contributed by atoms with van der Waals surface area (Å²) in [4.78, 5) is 11.6. The number of ether oxygens (including phenoxy) is 1. The number of carbonyl (C=O) groups is 1. The van der Waals surface area contributed by atoms with Crippen molar-refractivity contribution in [3.63, 3.8) is 0 Å². The summed E-state index contributed by atoms with van der Waals surface area (Å²) in [5.74, 6) is -10.9. The van der Waals surface area contributed by atoms with Crippen LogP contribution in [0.2, 0.25) is 0 Å². The number of rotatable bonds is 6. The van der Waals surface area contributed by atoms with Gasteiger partial charge in [-0.25, -0.2) is 26.7 Å². The van der Waals surface area contributed by atoms with Crippen molar-refractivity contribution >= 4 is 11.8 Å². The number of carbonyl (C=O) groups excluding carboxylic acids is 1. The summed E-state index contributed by atoms with van der Waals surface area (Å²) in [6, 6.07) is 7.15. The first-order valence-corrected chi connectivity index (χ1v) is 7.88. The molecule has 0 atom stereocenters. The van der Waals surface area contributed by atoms with Crippen LogP contribution >= 0.6 is 0 Å². The fraction of sp³-hybridized carbons (Fsp3) is 0.278. The lowest BCUT2D eigenvalue weighted by atomic mass is 10.1. The predicted molar refractivity (Wildman–Crippen MR) is 85.1 cm³/mol. The molecule has 0 spiro atoms. The lowest BCUT2D eigenvalue weighted by molar-refractivity contribution is 0.154. The second kappa shape index (κ2) is 8.64. The normalized spacial score (nSPS) is 10.7. The number of halogens is 5. The molecule has 0 radical (unpaired) electrons. The van der Waals surface area contributed by atoms with Gasteiger partial charge < -0.3 is 4.74 Å². The van der Waals surface area contributed by atoms with Gasteiger partial charge in [0.25, 0.3) is 0 Å². The summed E-state index contributed by atoms with van der Waals surface area (Å²) in [6.07, 6.45) is 1.67. The smallest absolute Gasteiger partial charge is 0.412 e. The average molecular weight is 373 g/mol. The Hall–Kier alpha value is -2.64. The molecule has 0 unspecified atom stereocenters. The number of amides is 1. The summed E-state index contributed by atoms with van der Waals surface area (Å²) in [6.45, 7) is 1.85. The van der Waals surface area contributed by atoms with Crippen molar-refractivity contribution < 1.29 is 31.5 Å². The van der Waals surface area contributed by atoms with Gasteiger partial charge in [0.05, 0.1) is 0 Å². The SMILES string of the molecule is CCCCc1ccc(COC(=O)Nc2c(F)c(F)c(F)c(F)c2F)cc1. The Bertz CT molecular complexity index is 764. The zero-order valence-electron chi connectivity index (χ0n) is 13.8. The van der Waals surface area contributed by atoms with Crippen LogP contribution in [0.15, 0.2) is 24.3 Å². The fourth-order valence-electron chi connectivity index (χ4n) is 2.18. The molecule has 2 aromatic carbocycles. The quantitative estimate of drug-likeness (QED) is 0.414. The second-order valence-electron chi connectivity index (χ2n) is 5.57. The summed E-state index contributed by atoms with van der Waals surface area (Å²) in [5, 5.41) is 1.54. The Balaban J connectivity index is 1.99. The summed E-state index contributed by atoms with van der Waals surface area (Å²) in [5.41, 5.74) is 0.264. The third kappa shape index (κ3) is 4.50. The largest absolute Gasteiger partial charge is 0.444 e. The van der Waals surface area contributed by atoms with Crippen LogP contribution in [0.3, 0.4) is 0 Å². The Morgan fingerprint density at radius 2 is 1.38 bits per heavy atom. The molecule has 2 rings (SSSR count). The fourth-order valence-corrected chi connectivity index (χ4v) is 2.18. The highest BCUT2D eigenvalue weighted by Crippen LogP contribution is 2.27. The zero-order chi connectivity index (χ0) is 19.3. The Kier molecular flexibility index (Phi) is 6.54. The third-order valence-corrected chi connectivity index (χ3v) is 3.65. The number of benzene rings is 2. The maximum absolute atomic E-state index is 13.5. The van der Waals surface area contributed by atoms with Gasteiger partial charge in [-0.3, -0.25) is 5.32 Å². The molecular weight excluding hydrogens is 357 g/mol. The highest BCUT2D eigenvalue weighted by Gasteiger charge is 2.27. The molecule has 2 aromatic rings. The van der Waals surface area contributed by atoms with Crippen molar-refractivity contribution in [3.05, 3.63) is 64.5 Å². The van der Waals surface area contributed by atoms with Crippen molar-refractivity contribution in [1.29, 1.82) is 0 Å². The Morgan fingerprint density at radius 3 is 1.92 bits per heavy atom. The maximum Gasteiger partial charge on any atom is 0.412 e. The minimum absolute atomic E-state index is 0.227. The predicted octanol–water partition coefficient (Wildman–Crippen LogP) is 5.47. The first kappa shape index (κ1) is 19.7. The molecule has 1 amide bonds. The molecule has 0 aromatic heterocycles. The molecule has 0 bridgehead atoms. The van der Waals surface area contributed by atoms with Crippen LogP contribution in [0.4, 0.5) is 32.4 Å². The van der Waals surface area contributed by atoms with Crippen molar-refractivity contribution in [3.8, 4) is 0 Å². The van der Waals surface area contributed by atoms with Crippen LogP contribution in [0.25, 0.3) is 0 Å². The van der Waals surface area contributed by atoms with Crippen molar-refractivity contribution in [2.24, 2.45) is 0 Å². The number of unbranched alkanes of at least 4 members (excludes halogenated alkanes) is 1. The Labute approximate surface area is 146 Å². The first-order valence-electron chi connectivity index (χ1n) is 7.88. The van der Waals surface area contributed by atoms with Crippen molar-refractivity contribution in [2.75, 3.05) is 5.32 Å². The van der Waals surface area contributed by atoms with Crippen LogP contribution < -0.4 is 5.32 Å². The molecule has 8 heteroatoms. The van der Waals surface area contributed by atoms with Gasteiger partial charge in [-0.2, -0.15) is 0 Å². The van der Waals surface area contributed by atoms with E-state index in [2.05, 4.69) is 6.92 Å². The second-order valence-corrected chi connectivity index (χ2v) is 5.57. The van der Waals surface area contributed by atoms with Gasteiger partial charge in [0.15, 0.2) is 23.3 Å². The van der Waals surface area contributed by atoms with E-state index in [0.717, 1.165) is 24.8 Å². The molecule has 0 saturated carbocycles. The van der Waals surface area contributed by atoms with Crippen LogP contribution in [0.1, 0.15) is 30.9 Å². The molecule has 1 N–H and O–H groups in total.